The van der Waals surface area contributed by atoms with E-state index in [-0.39, 0.29) is 17.2 Å². The van der Waals surface area contributed by atoms with Crippen LogP contribution in [0.2, 0.25) is 0 Å². The van der Waals surface area contributed by atoms with Crippen molar-refractivity contribution < 1.29 is 4.79 Å². The molecule has 0 fully saturated rings. The van der Waals surface area contributed by atoms with Crippen molar-refractivity contribution in [1.29, 1.82) is 0 Å². The van der Waals surface area contributed by atoms with Crippen molar-refractivity contribution in [2.24, 2.45) is 5.41 Å². The van der Waals surface area contributed by atoms with Crippen LogP contribution in [0.1, 0.15) is 44.0 Å². The van der Waals surface area contributed by atoms with E-state index in [4.69, 9.17) is 0 Å². The van der Waals surface area contributed by atoms with Crippen molar-refractivity contribution in [2.45, 2.75) is 32.7 Å². The van der Waals surface area contributed by atoms with Crippen LogP contribution < -0.4 is 5.32 Å². The fraction of sp³-hybridized carbons (Fsp3) is 0.250. The highest BCUT2D eigenvalue weighted by Gasteiger charge is 2.41. The molecular weight excluding hydrogens is 332 g/mol. The van der Waals surface area contributed by atoms with Gasteiger partial charge in [-0.3, -0.25) is 9.78 Å². The fourth-order valence-electron chi connectivity index (χ4n) is 4.61. The normalized spacial score (nSPS) is 20.8. The molecule has 2 aliphatic rings. The molecule has 0 amide bonds. The largest absolute Gasteiger partial charge is 0.372 e. The topological polar surface area (TPSA) is 42.0 Å². The molecule has 1 N–H and O–H groups in total. The molecule has 2 aromatic carbocycles. The molecule has 1 atom stereocenters. The number of rotatable bonds is 1. The van der Waals surface area contributed by atoms with E-state index in [0.29, 0.717) is 6.42 Å². The van der Waals surface area contributed by atoms with Gasteiger partial charge in [0.2, 0.25) is 0 Å². The minimum Gasteiger partial charge on any atom is -0.372 e. The number of allylic oxidation sites excluding steroid dienone is 1. The summed E-state index contributed by atoms with van der Waals surface area (Å²) < 4.78 is 0. The molecule has 3 aromatic rings. The molecule has 0 spiro atoms. The SMILES string of the molecule is CC1(C)CC(=O)C2=C(C1)c1c(ccc3ccccc13)NC2c1ccccn1. The molecule has 0 bridgehead atoms. The first kappa shape index (κ1) is 16.2. The summed E-state index contributed by atoms with van der Waals surface area (Å²) in [5.41, 5.74) is 5.24. The van der Waals surface area contributed by atoms with Gasteiger partial charge in [-0.05, 0) is 46.4 Å². The Morgan fingerprint density at radius 1 is 1.00 bits per heavy atom. The van der Waals surface area contributed by atoms with E-state index in [0.717, 1.165) is 23.4 Å². The molecule has 0 radical (unpaired) electrons. The molecule has 27 heavy (non-hydrogen) atoms. The molecule has 0 saturated carbocycles. The predicted molar refractivity (Wildman–Crippen MR) is 109 cm³/mol. The van der Waals surface area contributed by atoms with Crippen LogP contribution in [0.25, 0.3) is 16.3 Å². The molecule has 3 nitrogen and oxygen atoms in total. The Bertz CT molecular complexity index is 1100. The molecule has 1 aliphatic carbocycles. The first-order chi connectivity index (χ1) is 13.0. The zero-order valence-corrected chi connectivity index (χ0v) is 15.6. The molecule has 1 aromatic heterocycles. The molecular formula is C24H22N2O. The van der Waals surface area contributed by atoms with Crippen LogP contribution in [0.4, 0.5) is 5.69 Å². The highest BCUT2D eigenvalue weighted by molar-refractivity contribution is 6.12. The number of carbonyl (C=O) groups excluding carboxylic acids is 1. The maximum Gasteiger partial charge on any atom is 0.162 e. The number of hydrogen-bond acceptors (Lipinski definition) is 3. The molecule has 1 aliphatic heterocycles. The number of benzene rings is 2. The summed E-state index contributed by atoms with van der Waals surface area (Å²) in [7, 11) is 0. The van der Waals surface area contributed by atoms with Gasteiger partial charge in [-0.2, -0.15) is 0 Å². The van der Waals surface area contributed by atoms with Crippen LogP contribution in [-0.4, -0.2) is 10.8 Å². The quantitative estimate of drug-likeness (QED) is 0.623. The van der Waals surface area contributed by atoms with E-state index in [1.54, 1.807) is 6.20 Å². The van der Waals surface area contributed by atoms with Gasteiger partial charge in [-0.25, -0.2) is 0 Å². The molecule has 134 valence electrons. The third-order valence-corrected chi connectivity index (χ3v) is 5.72. The van der Waals surface area contributed by atoms with Crippen molar-refractivity contribution in [3.05, 3.63) is 77.6 Å². The highest BCUT2D eigenvalue weighted by atomic mass is 16.1. The zero-order valence-electron chi connectivity index (χ0n) is 15.6. The van der Waals surface area contributed by atoms with Crippen LogP contribution in [0, 0.1) is 5.41 Å². The number of carbonyl (C=O) groups is 1. The number of hydrogen-bond donors (Lipinski definition) is 1. The lowest BCUT2D eigenvalue weighted by Gasteiger charge is -2.39. The van der Waals surface area contributed by atoms with Gasteiger partial charge < -0.3 is 5.32 Å². The van der Waals surface area contributed by atoms with Crippen LogP contribution >= 0.6 is 0 Å². The minimum atomic E-state index is -0.182. The van der Waals surface area contributed by atoms with E-state index >= 15 is 0 Å². The van der Waals surface area contributed by atoms with Gasteiger partial charge in [0, 0.05) is 29.4 Å². The monoisotopic (exact) mass is 354 g/mol. The number of nitrogens with one attached hydrogen (secondary N) is 1. The van der Waals surface area contributed by atoms with Gasteiger partial charge in [-0.1, -0.05) is 50.2 Å². The van der Waals surface area contributed by atoms with Crippen molar-refractivity contribution in [3.63, 3.8) is 0 Å². The van der Waals surface area contributed by atoms with Gasteiger partial charge in [0.25, 0.3) is 0 Å². The number of aromatic nitrogens is 1. The lowest BCUT2D eigenvalue weighted by molar-refractivity contribution is -0.118. The summed E-state index contributed by atoms with van der Waals surface area (Å²) in [5.74, 6) is 0.239. The average Bonchev–Trinajstić information content (AvgIpc) is 2.66. The maximum absolute atomic E-state index is 13.2. The Labute approximate surface area is 159 Å². The molecule has 0 saturated heterocycles. The van der Waals surface area contributed by atoms with Gasteiger partial charge in [-0.15, -0.1) is 0 Å². The van der Waals surface area contributed by atoms with Gasteiger partial charge in [0.05, 0.1) is 11.7 Å². The second-order valence-corrected chi connectivity index (χ2v) is 8.37. The van der Waals surface area contributed by atoms with E-state index in [1.165, 1.54) is 21.9 Å². The summed E-state index contributed by atoms with van der Waals surface area (Å²) in [6.45, 7) is 4.38. The van der Waals surface area contributed by atoms with Crippen LogP contribution in [0.3, 0.4) is 0 Å². The van der Waals surface area contributed by atoms with Crippen LogP contribution in [0.5, 0.6) is 0 Å². The summed E-state index contributed by atoms with van der Waals surface area (Å²) in [4.78, 5) is 17.8. The summed E-state index contributed by atoms with van der Waals surface area (Å²) in [6.07, 6.45) is 3.28. The number of anilines is 1. The summed E-state index contributed by atoms with van der Waals surface area (Å²) in [6, 6.07) is 18.4. The Hall–Kier alpha value is -2.94. The van der Waals surface area contributed by atoms with Crippen LogP contribution in [-0.2, 0) is 4.79 Å². The second-order valence-electron chi connectivity index (χ2n) is 8.37. The Kier molecular flexibility index (Phi) is 3.48. The Morgan fingerprint density at radius 3 is 2.63 bits per heavy atom. The number of pyridine rings is 1. The van der Waals surface area contributed by atoms with Gasteiger partial charge in [0.1, 0.15) is 0 Å². The average molecular weight is 354 g/mol. The zero-order chi connectivity index (χ0) is 18.6. The number of nitrogens with zero attached hydrogens (tertiary/aromatic N) is 1. The lowest BCUT2D eigenvalue weighted by atomic mass is 9.68. The maximum atomic E-state index is 13.2. The third kappa shape index (κ3) is 2.57. The number of ketones is 1. The third-order valence-electron chi connectivity index (χ3n) is 5.72. The van der Waals surface area contributed by atoms with E-state index < -0.39 is 0 Å². The molecule has 3 heteroatoms. The van der Waals surface area contributed by atoms with Crippen molar-refractivity contribution in [2.75, 3.05) is 5.32 Å². The number of Topliss-reactive ketones (excluding diaryl/α,β-unsaturated/α-hetero) is 1. The predicted octanol–water partition coefficient (Wildman–Crippen LogP) is 5.54. The Balaban J connectivity index is 1.82. The van der Waals surface area contributed by atoms with Crippen molar-refractivity contribution >= 4 is 27.8 Å². The van der Waals surface area contributed by atoms with Crippen molar-refractivity contribution in [3.8, 4) is 0 Å². The first-order valence-electron chi connectivity index (χ1n) is 9.49. The minimum absolute atomic E-state index is 0.0316. The van der Waals surface area contributed by atoms with Crippen LogP contribution in [0.15, 0.2) is 66.4 Å². The summed E-state index contributed by atoms with van der Waals surface area (Å²) in [5, 5.41) is 6.04. The fourth-order valence-corrected chi connectivity index (χ4v) is 4.61. The lowest BCUT2D eigenvalue weighted by Crippen LogP contribution is -2.33. The smallest absolute Gasteiger partial charge is 0.162 e. The molecule has 5 rings (SSSR count). The molecule has 1 unspecified atom stereocenters. The second kappa shape index (κ2) is 5.78. The highest BCUT2D eigenvalue weighted by Crippen LogP contribution is 2.51. The standard InChI is InChI=1S/C24H22N2O/c1-24(2)13-17-21-16-8-4-3-7-15(16)10-11-18(21)26-23(22(17)20(27)14-24)19-9-5-6-12-25-19/h3-12,23,26H,13-14H2,1-2H3. The van der Waals surface area contributed by atoms with E-state index in [1.807, 2.05) is 18.2 Å². The van der Waals surface area contributed by atoms with Gasteiger partial charge >= 0.3 is 0 Å². The number of fused-ring (bicyclic) bond motifs is 4. The first-order valence-corrected chi connectivity index (χ1v) is 9.49. The van der Waals surface area contributed by atoms with Crippen molar-refractivity contribution in [1.82, 2.24) is 4.98 Å². The summed E-state index contributed by atoms with van der Waals surface area (Å²) >= 11 is 0. The van der Waals surface area contributed by atoms with E-state index in [9.17, 15) is 4.79 Å². The van der Waals surface area contributed by atoms with E-state index in [2.05, 4.69) is 60.5 Å². The Morgan fingerprint density at radius 2 is 1.81 bits per heavy atom. The molecule has 2 heterocycles. The van der Waals surface area contributed by atoms with Gasteiger partial charge in [0.15, 0.2) is 5.78 Å².